The first-order valence-electron chi connectivity index (χ1n) is 7.52. The lowest BCUT2D eigenvalue weighted by molar-refractivity contribution is -0.661. The van der Waals surface area contributed by atoms with Crippen LogP contribution in [0.1, 0.15) is 5.56 Å². The summed E-state index contributed by atoms with van der Waals surface area (Å²) in [6.07, 6.45) is -2.96. The van der Waals surface area contributed by atoms with E-state index >= 15 is 0 Å². The van der Waals surface area contributed by atoms with Crippen LogP contribution in [-0.2, 0) is 0 Å². The molecule has 0 amide bonds. The molecular weight excluding hydrogens is 431 g/mol. The van der Waals surface area contributed by atoms with Crippen LogP contribution >= 0.6 is 15.9 Å². The molecule has 0 aromatic heterocycles. The van der Waals surface area contributed by atoms with Gasteiger partial charge in [-0.3, -0.25) is 0 Å². The summed E-state index contributed by atoms with van der Waals surface area (Å²) in [6.45, 7) is 0. The van der Waals surface area contributed by atoms with Crippen LogP contribution in [0.2, 0.25) is 0 Å². The highest BCUT2D eigenvalue weighted by molar-refractivity contribution is 9.15. The molecule has 0 saturated heterocycles. The zero-order chi connectivity index (χ0) is 18.5. The highest BCUT2D eigenvalue weighted by Crippen LogP contribution is 2.39. The number of hydrogen-bond donors (Lipinski definition) is 2. The van der Waals surface area contributed by atoms with E-state index in [0.717, 1.165) is 15.7 Å². The Labute approximate surface area is 160 Å². The molecule has 0 fully saturated rings. The standard InChI is InChI=1S/C17H11BrF3N3O2.H2O/c18-13-9-15-16(25)23(22-24(15)14-4-2-1-3-12(13)14)10-5-7-11(8-6-10)26-17(19,20)21;/h1-9,22,25H;1H2. The predicted molar refractivity (Wildman–Crippen MR) is 94.9 cm³/mol. The molecule has 4 N–H and O–H groups in total. The van der Waals surface area contributed by atoms with Crippen LogP contribution in [-0.4, -0.2) is 16.9 Å². The number of allylic oxidation sites excluding steroid dienone is 1. The van der Waals surface area contributed by atoms with Gasteiger partial charge in [0.05, 0.1) is 0 Å². The number of fused-ring (bicyclic) bond motifs is 3. The third-order valence-corrected chi connectivity index (χ3v) is 4.64. The molecule has 4 rings (SSSR count). The molecule has 27 heavy (non-hydrogen) atoms. The van der Waals surface area contributed by atoms with Crippen molar-refractivity contribution in [3.63, 3.8) is 0 Å². The molecule has 0 unspecified atom stereocenters. The van der Waals surface area contributed by atoms with E-state index in [0.29, 0.717) is 11.4 Å². The highest BCUT2D eigenvalue weighted by atomic mass is 79.9. The molecule has 0 bridgehead atoms. The summed E-state index contributed by atoms with van der Waals surface area (Å²) in [5, 5.41) is 13.9. The third-order valence-electron chi connectivity index (χ3n) is 3.98. The molecule has 2 heterocycles. The minimum atomic E-state index is -4.74. The largest absolute Gasteiger partial charge is 0.870 e. The number of quaternary nitrogens is 1. The average molecular weight is 444 g/mol. The molecule has 2 aliphatic rings. The molecule has 142 valence electrons. The van der Waals surface area contributed by atoms with Gasteiger partial charge in [0.25, 0.3) is 5.88 Å². The van der Waals surface area contributed by atoms with Crippen molar-refractivity contribution in [2.75, 3.05) is 10.0 Å². The first kappa shape index (κ1) is 19.1. The highest BCUT2D eigenvalue weighted by Gasteiger charge is 2.38. The van der Waals surface area contributed by atoms with E-state index in [2.05, 4.69) is 20.7 Å². The first-order chi connectivity index (χ1) is 12.3. The van der Waals surface area contributed by atoms with Gasteiger partial charge < -0.3 is 15.3 Å². The average Bonchev–Trinajstić information content (AvgIpc) is 2.92. The minimum absolute atomic E-state index is 0. The molecule has 0 aliphatic carbocycles. The molecule has 0 saturated carbocycles. The van der Waals surface area contributed by atoms with Crippen molar-refractivity contribution in [1.29, 1.82) is 0 Å². The second kappa shape index (κ2) is 6.80. The quantitative estimate of drug-likeness (QED) is 0.692. The van der Waals surface area contributed by atoms with Crippen LogP contribution in [0.25, 0.3) is 4.48 Å². The van der Waals surface area contributed by atoms with E-state index in [1.807, 2.05) is 29.3 Å². The van der Waals surface area contributed by atoms with Gasteiger partial charge in [-0.25, -0.2) is 0 Å². The third kappa shape index (κ3) is 3.46. The van der Waals surface area contributed by atoms with Crippen LogP contribution < -0.4 is 20.3 Å². The fourth-order valence-corrected chi connectivity index (χ4v) is 3.42. The van der Waals surface area contributed by atoms with Crippen molar-refractivity contribution < 1.29 is 34.0 Å². The van der Waals surface area contributed by atoms with Gasteiger partial charge in [0.15, 0.2) is 5.70 Å². The van der Waals surface area contributed by atoms with Gasteiger partial charge in [-0.2, -0.15) is 5.01 Å². The van der Waals surface area contributed by atoms with Crippen molar-refractivity contribution >= 4 is 31.8 Å². The van der Waals surface area contributed by atoms with Crippen LogP contribution in [0.15, 0.2) is 66.2 Å². The molecular formula is C17H13BrF3N3O3. The smallest absolute Gasteiger partial charge is 0.573 e. The normalized spacial score (nSPS) is 15.8. The lowest BCUT2D eigenvalue weighted by Crippen LogP contribution is -2.99. The maximum atomic E-state index is 12.3. The van der Waals surface area contributed by atoms with Crippen LogP contribution in [0.5, 0.6) is 5.75 Å². The van der Waals surface area contributed by atoms with E-state index in [1.165, 1.54) is 29.3 Å². The molecule has 2 aromatic rings. The maximum Gasteiger partial charge on any atom is 0.573 e. The Bertz CT molecular complexity index is 929. The fourth-order valence-electron chi connectivity index (χ4n) is 2.87. The SMILES string of the molecule is OC1=C2C=C(Br)c3ccccc3N2[NH2+]N1c1ccc(OC(F)(F)F)cc1.[OH-]. The molecule has 0 atom stereocenters. The van der Waals surface area contributed by atoms with Gasteiger partial charge in [0, 0.05) is 10.0 Å². The Balaban J connectivity index is 0.00000210. The van der Waals surface area contributed by atoms with E-state index in [-0.39, 0.29) is 17.1 Å². The Morgan fingerprint density at radius 2 is 1.67 bits per heavy atom. The number of nitrogens with two attached hydrogens (primary N) is 1. The Hall–Kier alpha value is -2.69. The minimum Gasteiger partial charge on any atom is -0.870 e. The lowest BCUT2D eigenvalue weighted by atomic mass is 10.1. The van der Waals surface area contributed by atoms with Crippen molar-refractivity contribution in [3.8, 4) is 5.75 Å². The van der Waals surface area contributed by atoms with E-state index < -0.39 is 6.36 Å². The van der Waals surface area contributed by atoms with Gasteiger partial charge in [-0.05, 0) is 36.4 Å². The maximum absolute atomic E-state index is 12.3. The Morgan fingerprint density at radius 3 is 2.33 bits per heavy atom. The summed E-state index contributed by atoms with van der Waals surface area (Å²) in [7, 11) is 0. The molecule has 2 aliphatic heterocycles. The number of aliphatic hydroxyl groups is 1. The number of nitrogens with zero attached hydrogens (tertiary/aromatic N) is 2. The predicted octanol–water partition coefficient (Wildman–Crippen LogP) is 3.60. The van der Waals surface area contributed by atoms with Gasteiger partial charge in [-0.1, -0.05) is 34.1 Å². The summed E-state index contributed by atoms with van der Waals surface area (Å²) in [6, 6.07) is 12.9. The van der Waals surface area contributed by atoms with Gasteiger partial charge in [0.1, 0.15) is 17.1 Å². The number of alkyl halides is 3. The van der Waals surface area contributed by atoms with E-state index in [9.17, 15) is 18.3 Å². The van der Waals surface area contributed by atoms with Crippen LogP contribution in [0.4, 0.5) is 24.5 Å². The zero-order valence-corrected chi connectivity index (χ0v) is 15.1. The van der Waals surface area contributed by atoms with Gasteiger partial charge in [-0.15, -0.1) is 23.7 Å². The summed E-state index contributed by atoms with van der Waals surface area (Å²) >= 11 is 3.50. The molecule has 2 aromatic carbocycles. The monoisotopic (exact) mass is 443 g/mol. The van der Waals surface area contributed by atoms with Crippen molar-refractivity contribution in [3.05, 3.63) is 71.8 Å². The van der Waals surface area contributed by atoms with Crippen LogP contribution in [0.3, 0.4) is 0 Å². The number of benzene rings is 2. The molecule has 0 spiro atoms. The van der Waals surface area contributed by atoms with Crippen molar-refractivity contribution in [2.45, 2.75) is 6.36 Å². The van der Waals surface area contributed by atoms with Gasteiger partial charge >= 0.3 is 6.36 Å². The number of anilines is 2. The zero-order valence-electron chi connectivity index (χ0n) is 13.5. The number of hydrogen-bond acceptors (Lipinski definition) is 5. The summed E-state index contributed by atoms with van der Waals surface area (Å²) < 4.78 is 41.5. The first-order valence-corrected chi connectivity index (χ1v) is 8.32. The Morgan fingerprint density at radius 1 is 1.00 bits per heavy atom. The lowest BCUT2D eigenvalue weighted by Gasteiger charge is -2.23. The van der Waals surface area contributed by atoms with E-state index in [4.69, 9.17) is 0 Å². The topological polar surface area (TPSA) is 82.5 Å². The summed E-state index contributed by atoms with van der Waals surface area (Å²) in [5.74, 6) is -0.348. The van der Waals surface area contributed by atoms with Crippen molar-refractivity contribution in [1.82, 2.24) is 0 Å². The second-order valence-corrected chi connectivity index (χ2v) is 6.47. The number of ether oxygens (including phenoxy) is 1. The molecule has 0 radical (unpaired) electrons. The number of para-hydroxylation sites is 1. The fraction of sp³-hybridized carbons (Fsp3) is 0.0588. The second-order valence-electron chi connectivity index (χ2n) is 5.62. The molecule has 10 heteroatoms. The van der Waals surface area contributed by atoms with Crippen molar-refractivity contribution in [2.24, 2.45) is 0 Å². The van der Waals surface area contributed by atoms with Crippen LogP contribution in [0, 0.1) is 0 Å². The Kier molecular flexibility index (Phi) is 4.81. The number of rotatable bonds is 2. The molecule has 6 nitrogen and oxygen atoms in total. The number of aliphatic hydroxyl groups excluding tert-OH is 1. The summed E-state index contributed by atoms with van der Waals surface area (Å²) in [5.41, 5.74) is 4.59. The summed E-state index contributed by atoms with van der Waals surface area (Å²) in [4.78, 5) is 0. The van der Waals surface area contributed by atoms with E-state index in [1.54, 1.807) is 11.6 Å². The van der Waals surface area contributed by atoms with Gasteiger partial charge in [0.2, 0.25) is 0 Å². The number of halogens is 4.